The van der Waals surface area contributed by atoms with Gasteiger partial charge in [-0.3, -0.25) is 14.6 Å². The SMILES string of the molecule is C=N/C(=N\c1c(CC)[nH]c(=O)n1CC1=NC(C)CN=C1)N(CC)c1ccc(F)cc1NC. The molecule has 1 aromatic carbocycles. The van der Waals surface area contributed by atoms with E-state index in [1.165, 1.54) is 16.7 Å². The second-order valence-corrected chi connectivity index (χ2v) is 7.36. The molecule has 10 heteroatoms. The highest BCUT2D eigenvalue weighted by Crippen LogP contribution is 2.28. The van der Waals surface area contributed by atoms with Crippen LogP contribution in [-0.4, -0.2) is 60.3 Å². The summed E-state index contributed by atoms with van der Waals surface area (Å²) in [6.07, 6.45) is 2.27. The number of aromatic amines is 1. The van der Waals surface area contributed by atoms with Crippen molar-refractivity contribution in [2.75, 3.05) is 30.4 Å². The van der Waals surface area contributed by atoms with Gasteiger partial charge in [-0.1, -0.05) is 6.92 Å². The molecular formula is C22H29FN8O. The molecule has 0 spiro atoms. The van der Waals surface area contributed by atoms with Gasteiger partial charge in [-0.25, -0.2) is 14.2 Å². The number of rotatable bonds is 7. The molecule has 170 valence electrons. The van der Waals surface area contributed by atoms with Gasteiger partial charge in [0.25, 0.3) is 0 Å². The van der Waals surface area contributed by atoms with Gasteiger partial charge < -0.3 is 15.2 Å². The zero-order valence-corrected chi connectivity index (χ0v) is 18.9. The summed E-state index contributed by atoms with van der Waals surface area (Å²) in [6, 6.07) is 4.52. The Morgan fingerprint density at radius 2 is 2.22 bits per heavy atom. The number of guanidine groups is 1. The Balaban J connectivity index is 2.09. The van der Waals surface area contributed by atoms with Crippen molar-refractivity contribution in [2.45, 2.75) is 39.8 Å². The molecule has 1 aromatic heterocycles. The monoisotopic (exact) mass is 440 g/mol. The van der Waals surface area contributed by atoms with E-state index in [0.29, 0.717) is 54.1 Å². The first-order valence-corrected chi connectivity index (χ1v) is 10.6. The highest BCUT2D eigenvalue weighted by molar-refractivity contribution is 6.31. The molecule has 1 aliphatic heterocycles. The molecule has 1 unspecified atom stereocenters. The van der Waals surface area contributed by atoms with Crippen molar-refractivity contribution in [3.8, 4) is 0 Å². The summed E-state index contributed by atoms with van der Waals surface area (Å²) < 4.78 is 15.3. The Morgan fingerprint density at radius 1 is 1.44 bits per heavy atom. The maximum atomic E-state index is 13.7. The summed E-state index contributed by atoms with van der Waals surface area (Å²) in [5.41, 5.74) is 2.40. The number of hydrogen-bond donors (Lipinski definition) is 2. The van der Waals surface area contributed by atoms with Crippen LogP contribution >= 0.6 is 0 Å². The molecule has 2 aromatic rings. The summed E-state index contributed by atoms with van der Waals surface area (Å²) >= 11 is 0. The first kappa shape index (κ1) is 23.1. The highest BCUT2D eigenvalue weighted by atomic mass is 19.1. The highest BCUT2D eigenvalue weighted by Gasteiger charge is 2.20. The second-order valence-electron chi connectivity index (χ2n) is 7.36. The van der Waals surface area contributed by atoms with Crippen LogP contribution in [0.1, 0.15) is 26.5 Å². The molecule has 2 N–H and O–H groups in total. The topological polar surface area (TPSA) is 102 Å². The standard InChI is InChI=1S/C22H29FN8O/c1-6-17-20(31(22(32)28-17)13-16-12-26-11-14(3)27-16)29-21(25-5)30(7-2)19-9-8-15(23)10-18(19)24-4/h8-10,12,14,24H,5-7,11,13H2,1-4H3,(H,28,32)/b29-21+. The van der Waals surface area contributed by atoms with Crippen LogP contribution in [0.15, 0.2) is 43.0 Å². The molecular weight excluding hydrogens is 411 g/mol. The lowest BCUT2D eigenvalue weighted by Crippen LogP contribution is -2.30. The lowest BCUT2D eigenvalue weighted by molar-refractivity contribution is 0.628. The largest absolute Gasteiger partial charge is 0.386 e. The summed E-state index contributed by atoms with van der Waals surface area (Å²) in [5.74, 6) is 0.405. The molecule has 0 saturated heterocycles. The maximum absolute atomic E-state index is 13.7. The fraction of sp³-hybridized carbons (Fsp3) is 0.409. The fourth-order valence-corrected chi connectivity index (χ4v) is 3.58. The minimum Gasteiger partial charge on any atom is -0.386 e. The van der Waals surface area contributed by atoms with Gasteiger partial charge in [0.05, 0.1) is 41.9 Å². The van der Waals surface area contributed by atoms with Crippen molar-refractivity contribution in [3.63, 3.8) is 0 Å². The van der Waals surface area contributed by atoms with Crippen LogP contribution in [0, 0.1) is 5.82 Å². The summed E-state index contributed by atoms with van der Waals surface area (Å²) in [6.45, 7) is 10.9. The molecule has 0 fully saturated rings. The van der Waals surface area contributed by atoms with Crippen molar-refractivity contribution in [1.29, 1.82) is 0 Å². The number of H-pyrrole nitrogens is 1. The van der Waals surface area contributed by atoms with E-state index in [1.54, 1.807) is 24.2 Å². The maximum Gasteiger partial charge on any atom is 0.327 e. The average molecular weight is 441 g/mol. The van der Waals surface area contributed by atoms with Crippen LogP contribution in [-0.2, 0) is 13.0 Å². The third kappa shape index (κ3) is 4.84. The zero-order chi connectivity index (χ0) is 23.3. The lowest BCUT2D eigenvalue weighted by atomic mass is 10.2. The van der Waals surface area contributed by atoms with Crippen molar-refractivity contribution in [3.05, 3.63) is 40.2 Å². The first-order valence-electron chi connectivity index (χ1n) is 10.6. The molecule has 3 rings (SSSR count). The van der Waals surface area contributed by atoms with Gasteiger partial charge in [-0.2, -0.15) is 4.99 Å². The molecule has 0 amide bonds. The van der Waals surface area contributed by atoms with Crippen LogP contribution in [0.4, 0.5) is 21.6 Å². The number of imidazole rings is 1. The Hall–Kier alpha value is -3.56. The Morgan fingerprint density at radius 3 is 2.84 bits per heavy atom. The van der Waals surface area contributed by atoms with Crippen LogP contribution in [0.25, 0.3) is 0 Å². The van der Waals surface area contributed by atoms with E-state index >= 15 is 0 Å². The van der Waals surface area contributed by atoms with Gasteiger partial charge in [0.2, 0.25) is 5.96 Å². The Kier molecular flexibility index (Phi) is 7.34. The van der Waals surface area contributed by atoms with Gasteiger partial charge in [0.15, 0.2) is 5.82 Å². The molecule has 1 aliphatic rings. The number of benzene rings is 1. The molecule has 0 bridgehead atoms. The summed E-state index contributed by atoms with van der Waals surface area (Å²) in [5, 5.41) is 3.00. The quantitative estimate of drug-likeness (QED) is 0.511. The molecule has 2 heterocycles. The minimum absolute atomic E-state index is 0.0710. The minimum atomic E-state index is -0.351. The van der Waals surface area contributed by atoms with Crippen molar-refractivity contribution in [2.24, 2.45) is 20.0 Å². The molecule has 0 aliphatic carbocycles. The number of hydrogen-bond acceptors (Lipinski definition) is 5. The van der Waals surface area contributed by atoms with Gasteiger partial charge in [0, 0.05) is 19.8 Å². The summed E-state index contributed by atoms with van der Waals surface area (Å²) in [4.78, 5) is 35.2. The smallest absolute Gasteiger partial charge is 0.327 e. The van der Waals surface area contributed by atoms with Crippen LogP contribution in [0.2, 0.25) is 0 Å². The number of nitrogens with zero attached hydrogens (tertiary/aromatic N) is 6. The average Bonchev–Trinajstić information content (AvgIpc) is 3.08. The zero-order valence-electron chi connectivity index (χ0n) is 18.9. The predicted molar refractivity (Wildman–Crippen MR) is 130 cm³/mol. The number of anilines is 2. The van der Waals surface area contributed by atoms with Gasteiger partial charge in [0.1, 0.15) is 5.82 Å². The normalized spacial score (nSPS) is 16.1. The number of aliphatic imine (C=N–C) groups is 4. The van der Waals surface area contributed by atoms with Crippen molar-refractivity contribution >= 4 is 41.8 Å². The predicted octanol–water partition coefficient (Wildman–Crippen LogP) is 3.05. The lowest BCUT2D eigenvalue weighted by Gasteiger charge is -2.24. The van der Waals surface area contributed by atoms with E-state index in [9.17, 15) is 9.18 Å². The van der Waals surface area contributed by atoms with Gasteiger partial charge in [-0.05, 0) is 45.2 Å². The van der Waals surface area contributed by atoms with E-state index in [-0.39, 0.29) is 24.1 Å². The Labute approximate surface area is 186 Å². The van der Waals surface area contributed by atoms with Crippen molar-refractivity contribution in [1.82, 2.24) is 9.55 Å². The van der Waals surface area contributed by atoms with Crippen LogP contribution < -0.4 is 15.9 Å². The van der Waals surface area contributed by atoms with Crippen LogP contribution in [0.5, 0.6) is 0 Å². The third-order valence-corrected chi connectivity index (χ3v) is 5.12. The molecule has 32 heavy (non-hydrogen) atoms. The number of nitrogens with one attached hydrogen (secondary N) is 2. The number of aromatic nitrogens is 2. The second kappa shape index (κ2) is 10.2. The fourth-order valence-electron chi connectivity index (χ4n) is 3.58. The Bertz CT molecular complexity index is 1130. The van der Waals surface area contributed by atoms with Gasteiger partial charge in [-0.15, -0.1) is 0 Å². The molecule has 9 nitrogen and oxygen atoms in total. The van der Waals surface area contributed by atoms with E-state index in [0.717, 1.165) is 0 Å². The van der Waals surface area contributed by atoms with E-state index in [4.69, 9.17) is 4.99 Å². The molecule has 0 saturated carbocycles. The molecule has 1 atom stereocenters. The first-order chi connectivity index (χ1) is 15.4. The van der Waals surface area contributed by atoms with Crippen molar-refractivity contribution < 1.29 is 4.39 Å². The molecule has 0 radical (unpaired) electrons. The van der Waals surface area contributed by atoms with E-state index < -0.39 is 0 Å². The summed E-state index contributed by atoms with van der Waals surface area (Å²) in [7, 11) is 1.72. The van der Waals surface area contributed by atoms with E-state index in [1.807, 2.05) is 20.8 Å². The van der Waals surface area contributed by atoms with E-state index in [2.05, 4.69) is 32.0 Å². The number of aryl methyl sites for hydroxylation is 1. The number of halogens is 1. The van der Waals surface area contributed by atoms with Gasteiger partial charge >= 0.3 is 5.69 Å². The third-order valence-electron chi connectivity index (χ3n) is 5.12. The van der Waals surface area contributed by atoms with Crippen LogP contribution in [0.3, 0.4) is 0 Å².